The molecule has 4 nitrogen and oxygen atoms in total. The van der Waals surface area contributed by atoms with E-state index in [0.717, 1.165) is 27.4 Å². The average molecular weight is 275 g/mol. The molecule has 0 aliphatic rings. The number of hydrogen-bond donors (Lipinski definition) is 3. The number of fused-ring (bicyclic) bond motifs is 1. The van der Waals surface area contributed by atoms with E-state index in [-0.39, 0.29) is 6.04 Å². The summed E-state index contributed by atoms with van der Waals surface area (Å²) in [4.78, 5) is 10.7. The van der Waals surface area contributed by atoms with Crippen molar-refractivity contribution in [3.8, 4) is 0 Å². The van der Waals surface area contributed by atoms with Gasteiger partial charge in [0, 0.05) is 35.5 Å². The molecule has 0 bridgehead atoms. The Bertz CT molecular complexity index is 672. The second-order valence-electron chi connectivity index (χ2n) is 4.54. The fourth-order valence-electron chi connectivity index (χ4n) is 2.15. The Morgan fingerprint density at radius 2 is 2.21 bits per heavy atom. The molecule has 98 valence electrons. The molecule has 0 saturated carbocycles. The summed E-state index contributed by atoms with van der Waals surface area (Å²) in [5.74, 6) is 0.923. The molecule has 0 aliphatic carbocycles. The number of para-hydroxylation sites is 1. The summed E-state index contributed by atoms with van der Waals surface area (Å²) in [7, 11) is 0. The van der Waals surface area contributed by atoms with Crippen LogP contribution < -0.4 is 5.32 Å². The first-order valence-corrected chi connectivity index (χ1v) is 6.61. The molecule has 0 fully saturated rings. The molecule has 1 unspecified atom stereocenters. The van der Waals surface area contributed by atoms with Crippen molar-refractivity contribution >= 4 is 22.5 Å². The fourth-order valence-corrected chi connectivity index (χ4v) is 2.43. The van der Waals surface area contributed by atoms with Gasteiger partial charge in [-0.2, -0.15) is 0 Å². The van der Waals surface area contributed by atoms with Crippen LogP contribution in [0, 0.1) is 0 Å². The van der Waals surface area contributed by atoms with Crippen molar-refractivity contribution in [2.45, 2.75) is 19.5 Å². The number of imidazole rings is 1. The number of aromatic nitrogens is 3. The Kier molecular flexibility index (Phi) is 3.27. The highest BCUT2D eigenvalue weighted by Crippen LogP contribution is 2.27. The third kappa shape index (κ3) is 2.37. The Morgan fingerprint density at radius 3 is 2.95 bits per heavy atom. The third-order valence-electron chi connectivity index (χ3n) is 3.23. The summed E-state index contributed by atoms with van der Waals surface area (Å²) >= 11 is 6.37. The van der Waals surface area contributed by atoms with Gasteiger partial charge in [-0.3, -0.25) is 0 Å². The monoisotopic (exact) mass is 274 g/mol. The van der Waals surface area contributed by atoms with Gasteiger partial charge < -0.3 is 15.3 Å². The predicted molar refractivity (Wildman–Crippen MR) is 77.2 cm³/mol. The van der Waals surface area contributed by atoms with Crippen molar-refractivity contribution in [1.82, 2.24) is 20.3 Å². The van der Waals surface area contributed by atoms with Crippen molar-refractivity contribution in [3.63, 3.8) is 0 Å². The largest absolute Gasteiger partial charge is 0.356 e. The molecule has 0 radical (unpaired) electrons. The molecular formula is C14H15ClN4. The van der Waals surface area contributed by atoms with E-state index in [1.54, 1.807) is 6.20 Å². The first-order chi connectivity index (χ1) is 9.25. The molecule has 1 atom stereocenters. The summed E-state index contributed by atoms with van der Waals surface area (Å²) in [5.41, 5.74) is 2.07. The quantitative estimate of drug-likeness (QED) is 0.683. The van der Waals surface area contributed by atoms with Gasteiger partial charge in [0.15, 0.2) is 0 Å². The van der Waals surface area contributed by atoms with Crippen LogP contribution in [-0.2, 0) is 6.54 Å². The minimum absolute atomic E-state index is 0.150. The van der Waals surface area contributed by atoms with Gasteiger partial charge >= 0.3 is 0 Å². The van der Waals surface area contributed by atoms with Crippen LogP contribution in [0.4, 0.5) is 0 Å². The summed E-state index contributed by atoms with van der Waals surface area (Å²) < 4.78 is 0. The molecule has 3 N–H and O–H groups in total. The highest BCUT2D eigenvalue weighted by atomic mass is 35.5. The molecule has 3 rings (SSSR count). The zero-order valence-electron chi connectivity index (χ0n) is 10.6. The lowest BCUT2D eigenvalue weighted by atomic mass is 10.2. The minimum Gasteiger partial charge on any atom is -0.356 e. The number of rotatable bonds is 4. The Balaban J connectivity index is 1.77. The van der Waals surface area contributed by atoms with Crippen LogP contribution >= 0.6 is 11.6 Å². The smallest absolute Gasteiger partial charge is 0.122 e. The van der Waals surface area contributed by atoms with Gasteiger partial charge in [0.1, 0.15) is 5.82 Å². The maximum absolute atomic E-state index is 6.37. The second kappa shape index (κ2) is 5.07. The molecule has 0 amide bonds. The SMILES string of the molecule is CC(NCc1[nH]c2ccccc2c1Cl)c1ncc[nH]1. The number of nitrogens with one attached hydrogen (secondary N) is 3. The van der Waals surface area contributed by atoms with Gasteiger partial charge in [0.05, 0.1) is 11.1 Å². The normalized spacial score (nSPS) is 12.9. The van der Waals surface area contributed by atoms with E-state index >= 15 is 0 Å². The van der Waals surface area contributed by atoms with Crippen LogP contribution in [0.15, 0.2) is 36.7 Å². The van der Waals surface area contributed by atoms with Crippen molar-refractivity contribution in [3.05, 3.63) is 53.2 Å². The standard InChI is InChI=1S/C14H15ClN4/c1-9(14-16-6-7-17-14)18-8-12-13(15)10-4-2-3-5-11(10)19-12/h2-7,9,18-19H,8H2,1H3,(H,16,17). The van der Waals surface area contributed by atoms with Gasteiger partial charge in [0.2, 0.25) is 0 Å². The summed E-state index contributed by atoms with van der Waals surface area (Å²) in [6.07, 6.45) is 3.58. The maximum atomic E-state index is 6.37. The molecule has 2 heterocycles. The zero-order valence-corrected chi connectivity index (χ0v) is 11.3. The van der Waals surface area contributed by atoms with Gasteiger partial charge in [-0.1, -0.05) is 29.8 Å². The third-order valence-corrected chi connectivity index (χ3v) is 3.66. The second-order valence-corrected chi connectivity index (χ2v) is 4.92. The highest BCUT2D eigenvalue weighted by molar-refractivity contribution is 6.36. The molecule has 0 spiro atoms. The maximum Gasteiger partial charge on any atom is 0.122 e. The Labute approximate surface area is 116 Å². The van der Waals surface area contributed by atoms with E-state index in [1.165, 1.54) is 0 Å². The van der Waals surface area contributed by atoms with E-state index in [2.05, 4.69) is 27.2 Å². The zero-order chi connectivity index (χ0) is 13.2. The van der Waals surface area contributed by atoms with E-state index in [4.69, 9.17) is 11.6 Å². The Hall–Kier alpha value is -1.78. The van der Waals surface area contributed by atoms with Crippen molar-refractivity contribution in [2.24, 2.45) is 0 Å². The topological polar surface area (TPSA) is 56.5 Å². The summed E-state index contributed by atoms with van der Waals surface area (Å²) in [6, 6.07) is 8.19. The van der Waals surface area contributed by atoms with E-state index in [9.17, 15) is 0 Å². The molecule has 19 heavy (non-hydrogen) atoms. The van der Waals surface area contributed by atoms with E-state index in [1.807, 2.05) is 30.5 Å². The van der Waals surface area contributed by atoms with E-state index in [0.29, 0.717) is 6.54 Å². The summed E-state index contributed by atoms with van der Waals surface area (Å²) in [6.45, 7) is 2.74. The molecule has 3 aromatic rings. The van der Waals surface area contributed by atoms with E-state index < -0.39 is 0 Å². The lowest BCUT2D eigenvalue weighted by Gasteiger charge is -2.10. The van der Waals surface area contributed by atoms with Gasteiger partial charge in [-0.15, -0.1) is 0 Å². The van der Waals surface area contributed by atoms with Crippen LogP contribution in [0.1, 0.15) is 24.5 Å². The van der Waals surface area contributed by atoms with Crippen molar-refractivity contribution in [1.29, 1.82) is 0 Å². The number of H-pyrrole nitrogens is 2. The predicted octanol–water partition coefficient (Wildman–Crippen LogP) is 3.40. The molecule has 0 saturated heterocycles. The summed E-state index contributed by atoms with van der Waals surface area (Å²) in [5, 5.41) is 5.24. The van der Waals surface area contributed by atoms with Gasteiger partial charge in [-0.05, 0) is 13.0 Å². The number of halogens is 1. The Morgan fingerprint density at radius 1 is 1.37 bits per heavy atom. The van der Waals surface area contributed by atoms with Crippen molar-refractivity contribution < 1.29 is 0 Å². The van der Waals surface area contributed by atoms with Gasteiger partial charge in [0.25, 0.3) is 0 Å². The molecular weight excluding hydrogens is 260 g/mol. The highest BCUT2D eigenvalue weighted by Gasteiger charge is 2.11. The van der Waals surface area contributed by atoms with Crippen LogP contribution in [-0.4, -0.2) is 15.0 Å². The van der Waals surface area contributed by atoms with Crippen molar-refractivity contribution in [2.75, 3.05) is 0 Å². The number of aromatic amines is 2. The molecule has 1 aromatic carbocycles. The van der Waals surface area contributed by atoms with Gasteiger partial charge in [-0.25, -0.2) is 4.98 Å². The fraction of sp³-hybridized carbons (Fsp3) is 0.214. The number of benzene rings is 1. The van der Waals surface area contributed by atoms with Crippen LogP contribution in [0.25, 0.3) is 10.9 Å². The molecule has 5 heteroatoms. The first kappa shape index (κ1) is 12.3. The molecule has 2 aromatic heterocycles. The van der Waals surface area contributed by atoms with Crippen LogP contribution in [0.3, 0.4) is 0 Å². The van der Waals surface area contributed by atoms with Crippen LogP contribution in [0.2, 0.25) is 5.02 Å². The minimum atomic E-state index is 0.150. The van der Waals surface area contributed by atoms with Crippen LogP contribution in [0.5, 0.6) is 0 Å². The number of hydrogen-bond acceptors (Lipinski definition) is 2. The molecule has 0 aliphatic heterocycles. The lowest BCUT2D eigenvalue weighted by molar-refractivity contribution is 0.546. The lowest BCUT2D eigenvalue weighted by Crippen LogP contribution is -2.19. The first-order valence-electron chi connectivity index (χ1n) is 6.23. The average Bonchev–Trinajstić information content (AvgIpc) is 3.05. The number of nitrogens with zero attached hydrogens (tertiary/aromatic N) is 1.